The predicted octanol–water partition coefficient (Wildman–Crippen LogP) is 3.21. The zero-order valence-electron chi connectivity index (χ0n) is 15.6. The van der Waals surface area contributed by atoms with Gasteiger partial charge in [0.2, 0.25) is 5.91 Å². The number of rotatable bonds is 5. The summed E-state index contributed by atoms with van der Waals surface area (Å²) in [6, 6.07) is 14.5. The molecule has 6 nitrogen and oxygen atoms in total. The SMILES string of the molecule is O=C(CS(=O)(=O)Cc1ccccc1)N1CCN(c2nc3ccc(Cl)cc3s2)CC1. The van der Waals surface area contributed by atoms with Gasteiger partial charge in [0, 0.05) is 31.2 Å². The first kappa shape index (κ1) is 20.1. The Bertz CT molecular complexity index is 1120. The minimum Gasteiger partial charge on any atom is -0.345 e. The third kappa shape index (κ3) is 4.88. The summed E-state index contributed by atoms with van der Waals surface area (Å²) in [7, 11) is -3.50. The minimum absolute atomic E-state index is 0.117. The molecule has 1 fully saturated rings. The molecule has 3 aromatic rings. The van der Waals surface area contributed by atoms with Gasteiger partial charge < -0.3 is 9.80 Å². The van der Waals surface area contributed by atoms with E-state index in [1.807, 2.05) is 24.3 Å². The van der Waals surface area contributed by atoms with E-state index in [-0.39, 0.29) is 11.7 Å². The van der Waals surface area contributed by atoms with Crippen LogP contribution in [0, 0.1) is 0 Å². The van der Waals surface area contributed by atoms with Crippen molar-refractivity contribution in [1.29, 1.82) is 0 Å². The third-order valence-corrected chi connectivity index (χ3v) is 7.59. The Balaban J connectivity index is 1.35. The Morgan fingerprint density at radius 2 is 1.79 bits per heavy atom. The van der Waals surface area contributed by atoms with E-state index in [4.69, 9.17) is 11.6 Å². The highest BCUT2D eigenvalue weighted by molar-refractivity contribution is 7.91. The molecule has 1 aliphatic heterocycles. The van der Waals surface area contributed by atoms with Crippen LogP contribution in [0.5, 0.6) is 0 Å². The van der Waals surface area contributed by atoms with Gasteiger partial charge in [0.25, 0.3) is 0 Å². The van der Waals surface area contributed by atoms with Crippen molar-refractivity contribution < 1.29 is 13.2 Å². The quantitative estimate of drug-likeness (QED) is 0.598. The van der Waals surface area contributed by atoms with Gasteiger partial charge in [0.1, 0.15) is 5.75 Å². The van der Waals surface area contributed by atoms with Crippen LogP contribution in [0.3, 0.4) is 0 Å². The summed E-state index contributed by atoms with van der Waals surface area (Å²) in [6.07, 6.45) is 0. The molecule has 0 saturated carbocycles. The summed E-state index contributed by atoms with van der Waals surface area (Å²) in [4.78, 5) is 20.9. The number of sulfone groups is 1. The van der Waals surface area contributed by atoms with Gasteiger partial charge in [-0.25, -0.2) is 13.4 Å². The molecule has 2 aromatic carbocycles. The van der Waals surface area contributed by atoms with Gasteiger partial charge in [-0.3, -0.25) is 4.79 Å². The Morgan fingerprint density at radius 1 is 1.07 bits per heavy atom. The first-order chi connectivity index (χ1) is 13.9. The van der Waals surface area contributed by atoms with Crippen LogP contribution < -0.4 is 4.90 Å². The Labute approximate surface area is 178 Å². The number of nitrogens with zero attached hydrogens (tertiary/aromatic N) is 3. The number of hydrogen-bond donors (Lipinski definition) is 0. The van der Waals surface area contributed by atoms with Gasteiger partial charge in [0.05, 0.1) is 16.0 Å². The van der Waals surface area contributed by atoms with Crippen molar-refractivity contribution in [3.8, 4) is 0 Å². The molecule has 0 atom stereocenters. The molecular formula is C20H20ClN3O3S2. The van der Waals surface area contributed by atoms with E-state index in [0.717, 1.165) is 15.3 Å². The number of carbonyl (C=O) groups is 1. The van der Waals surface area contributed by atoms with Crippen molar-refractivity contribution in [3.05, 3.63) is 59.1 Å². The van der Waals surface area contributed by atoms with Crippen molar-refractivity contribution in [2.75, 3.05) is 36.8 Å². The van der Waals surface area contributed by atoms with Crippen molar-refractivity contribution >= 4 is 54.0 Å². The molecule has 0 bridgehead atoms. The highest BCUT2D eigenvalue weighted by Gasteiger charge is 2.26. The van der Waals surface area contributed by atoms with Gasteiger partial charge >= 0.3 is 0 Å². The van der Waals surface area contributed by atoms with Crippen LogP contribution >= 0.6 is 22.9 Å². The van der Waals surface area contributed by atoms with E-state index in [2.05, 4.69) is 9.88 Å². The molecule has 4 rings (SSSR count). The number of fused-ring (bicyclic) bond motifs is 1. The van der Waals surface area contributed by atoms with Gasteiger partial charge in [0.15, 0.2) is 15.0 Å². The van der Waals surface area contributed by atoms with Crippen molar-refractivity contribution in [3.63, 3.8) is 0 Å². The van der Waals surface area contributed by atoms with E-state index in [1.54, 1.807) is 40.5 Å². The second kappa shape index (κ2) is 8.30. The Morgan fingerprint density at radius 3 is 2.52 bits per heavy atom. The van der Waals surface area contributed by atoms with Crippen molar-refractivity contribution in [1.82, 2.24) is 9.88 Å². The summed E-state index contributed by atoms with van der Waals surface area (Å²) in [6.45, 7) is 2.21. The molecule has 1 saturated heterocycles. The van der Waals surface area contributed by atoms with Gasteiger partial charge in [-0.1, -0.05) is 53.3 Å². The van der Waals surface area contributed by atoms with Crippen molar-refractivity contribution in [2.45, 2.75) is 5.75 Å². The van der Waals surface area contributed by atoms with E-state index in [9.17, 15) is 13.2 Å². The molecule has 0 unspecified atom stereocenters. The lowest BCUT2D eigenvalue weighted by molar-refractivity contribution is -0.128. The smallest absolute Gasteiger partial charge is 0.237 e. The Hall–Kier alpha value is -2.16. The molecule has 152 valence electrons. The van der Waals surface area contributed by atoms with E-state index in [1.165, 1.54) is 0 Å². The number of anilines is 1. The largest absolute Gasteiger partial charge is 0.345 e. The predicted molar refractivity (Wildman–Crippen MR) is 117 cm³/mol. The van der Waals surface area contributed by atoms with E-state index >= 15 is 0 Å². The summed E-state index contributed by atoms with van der Waals surface area (Å²) < 4.78 is 25.8. The lowest BCUT2D eigenvalue weighted by Crippen LogP contribution is -2.50. The van der Waals surface area contributed by atoms with Crippen molar-refractivity contribution in [2.24, 2.45) is 0 Å². The maximum absolute atomic E-state index is 12.5. The minimum atomic E-state index is -3.50. The first-order valence-electron chi connectivity index (χ1n) is 9.23. The Kier molecular flexibility index (Phi) is 5.76. The molecule has 29 heavy (non-hydrogen) atoms. The highest BCUT2D eigenvalue weighted by atomic mass is 35.5. The van der Waals surface area contributed by atoms with Crippen LogP contribution in [-0.4, -0.2) is 56.1 Å². The number of thiazole rings is 1. The standard InChI is InChI=1S/C20H20ClN3O3S2/c21-16-6-7-17-18(12-16)28-20(22-17)24-10-8-23(9-11-24)19(25)14-29(26,27)13-15-4-2-1-3-5-15/h1-7,12H,8-11,13-14H2. The normalized spacial score (nSPS) is 15.1. The van der Waals surface area contributed by atoms with Gasteiger partial charge in [-0.05, 0) is 23.8 Å². The van der Waals surface area contributed by atoms with Crippen LogP contribution in [-0.2, 0) is 20.4 Å². The first-order valence-corrected chi connectivity index (χ1v) is 12.2. The van der Waals surface area contributed by atoms with Crippen LogP contribution in [0.25, 0.3) is 10.2 Å². The number of benzene rings is 2. The van der Waals surface area contributed by atoms with Gasteiger partial charge in [-0.15, -0.1) is 0 Å². The molecule has 0 aliphatic carbocycles. The maximum Gasteiger partial charge on any atom is 0.237 e. The number of halogens is 1. The van der Waals surface area contributed by atoms with E-state index < -0.39 is 15.6 Å². The number of aromatic nitrogens is 1. The zero-order chi connectivity index (χ0) is 20.4. The fourth-order valence-electron chi connectivity index (χ4n) is 3.33. The van der Waals surface area contributed by atoms with Crippen LogP contribution in [0.2, 0.25) is 5.02 Å². The van der Waals surface area contributed by atoms with E-state index in [0.29, 0.717) is 36.8 Å². The number of amides is 1. The monoisotopic (exact) mass is 449 g/mol. The lowest BCUT2D eigenvalue weighted by atomic mass is 10.2. The molecule has 0 radical (unpaired) electrons. The zero-order valence-corrected chi connectivity index (χ0v) is 18.0. The fourth-order valence-corrected chi connectivity index (χ4v) is 5.98. The highest BCUT2D eigenvalue weighted by Crippen LogP contribution is 2.31. The summed E-state index contributed by atoms with van der Waals surface area (Å²) in [5.74, 6) is -0.910. The summed E-state index contributed by atoms with van der Waals surface area (Å²) in [5.41, 5.74) is 1.60. The van der Waals surface area contributed by atoms with Crippen LogP contribution in [0.15, 0.2) is 48.5 Å². The molecule has 1 aromatic heterocycles. The molecular weight excluding hydrogens is 430 g/mol. The lowest BCUT2D eigenvalue weighted by Gasteiger charge is -2.34. The molecule has 2 heterocycles. The molecule has 1 amide bonds. The molecule has 0 N–H and O–H groups in total. The molecule has 9 heteroatoms. The van der Waals surface area contributed by atoms with Crippen LogP contribution in [0.1, 0.15) is 5.56 Å². The topological polar surface area (TPSA) is 70.6 Å². The summed E-state index contributed by atoms with van der Waals surface area (Å²) >= 11 is 7.61. The average molecular weight is 450 g/mol. The molecule has 0 spiro atoms. The second-order valence-corrected chi connectivity index (χ2v) is 10.5. The fraction of sp³-hybridized carbons (Fsp3) is 0.300. The maximum atomic E-state index is 12.5. The molecule has 1 aliphatic rings. The number of hydrogen-bond acceptors (Lipinski definition) is 6. The van der Waals surface area contributed by atoms with Gasteiger partial charge in [-0.2, -0.15) is 0 Å². The third-order valence-electron chi connectivity index (χ3n) is 4.81. The average Bonchev–Trinajstić information content (AvgIpc) is 3.11. The number of piperazine rings is 1. The summed E-state index contributed by atoms with van der Waals surface area (Å²) in [5, 5.41) is 1.57. The van der Waals surface area contributed by atoms with Crippen LogP contribution in [0.4, 0.5) is 5.13 Å². The number of carbonyl (C=O) groups excluding carboxylic acids is 1. The second-order valence-electron chi connectivity index (χ2n) is 6.99.